The Morgan fingerprint density at radius 1 is 1.06 bits per heavy atom. The second-order valence-electron chi connectivity index (χ2n) is 7.85. The number of alkyl halides is 3. The molecule has 3 rings (SSSR count). The lowest BCUT2D eigenvalue weighted by Gasteiger charge is -2.24. The summed E-state index contributed by atoms with van der Waals surface area (Å²) in [5, 5.41) is 2.57. The van der Waals surface area contributed by atoms with E-state index in [0.717, 1.165) is 18.5 Å². The van der Waals surface area contributed by atoms with E-state index in [4.69, 9.17) is 0 Å². The van der Waals surface area contributed by atoms with Gasteiger partial charge >= 0.3 is 6.18 Å². The van der Waals surface area contributed by atoms with Crippen LogP contribution < -0.4 is 14.9 Å². The zero-order valence-electron chi connectivity index (χ0n) is 18.5. The van der Waals surface area contributed by atoms with Crippen molar-refractivity contribution in [3.63, 3.8) is 0 Å². The van der Waals surface area contributed by atoms with Crippen LogP contribution >= 0.6 is 0 Å². The lowest BCUT2D eigenvalue weighted by molar-refractivity contribution is -0.137. The Balaban J connectivity index is 1.80. The number of nitrogens with one attached hydrogen (secondary N) is 2. The molecule has 0 atom stereocenters. The summed E-state index contributed by atoms with van der Waals surface area (Å²) in [6, 6.07) is 6.54. The zero-order chi connectivity index (χ0) is 25.1. The van der Waals surface area contributed by atoms with Crippen LogP contribution in [0.5, 0.6) is 0 Å². The van der Waals surface area contributed by atoms with Gasteiger partial charge in [0, 0.05) is 45.0 Å². The number of pyridine rings is 1. The SMILES string of the molecule is CC(=O)Nc1ccc(NS(C)(=O)=O)c(C(=O)N2CCCN(c3ccc(C(F)(F)F)cn3)CC2)c1. The lowest BCUT2D eigenvalue weighted by atomic mass is 10.1. The molecular weight excluding hydrogens is 475 g/mol. The normalized spacial score (nSPS) is 15.0. The first-order valence-electron chi connectivity index (χ1n) is 10.3. The highest BCUT2D eigenvalue weighted by molar-refractivity contribution is 7.92. The number of nitrogens with zero attached hydrogens (tertiary/aromatic N) is 3. The average molecular weight is 500 g/mol. The average Bonchev–Trinajstić information content (AvgIpc) is 2.99. The molecule has 13 heteroatoms. The molecule has 1 aliphatic heterocycles. The number of carbonyl (C=O) groups excluding carboxylic acids is 2. The summed E-state index contributed by atoms with van der Waals surface area (Å²) >= 11 is 0. The van der Waals surface area contributed by atoms with Gasteiger partial charge in [-0.15, -0.1) is 0 Å². The van der Waals surface area contributed by atoms with Gasteiger partial charge in [0.15, 0.2) is 0 Å². The Morgan fingerprint density at radius 2 is 1.79 bits per heavy atom. The fourth-order valence-corrected chi connectivity index (χ4v) is 4.13. The first kappa shape index (κ1) is 25.3. The molecule has 184 valence electrons. The van der Waals surface area contributed by atoms with Crippen molar-refractivity contribution in [3.05, 3.63) is 47.7 Å². The lowest BCUT2D eigenvalue weighted by Crippen LogP contribution is -2.36. The quantitative estimate of drug-likeness (QED) is 0.655. The molecule has 2 N–H and O–H groups in total. The van der Waals surface area contributed by atoms with Gasteiger partial charge in [0.1, 0.15) is 5.82 Å². The highest BCUT2D eigenvalue weighted by atomic mass is 32.2. The van der Waals surface area contributed by atoms with Gasteiger partial charge in [-0.05, 0) is 36.8 Å². The molecule has 1 aromatic heterocycles. The van der Waals surface area contributed by atoms with Crippen molar-refractivity contribution in [2.24, 2.45) is 0 Å². The number of benzene rings is 1. The molecule has 1 saturated heterocycles. The van der Waals surface area contributed by atoms with Crippen molar-refractivity contribution in [1.29, 1.82) is 0 Å². The van der Waals surface area contributed by atoms with Crippen molar-refractivity contribution in [1.82, 2.24) is 9.88 Å². The van der Waals surface area contributed by atoms with Crippen molar-refractivity contribution in [3.8, 4) is 0 Å². The molecule has 9 nitrogen and oxygen atoms in total. The number of hydrogen-bond acceptors (Lipinski definition) is 6. The number of carbonyl (C=O) groups is 2. The van der Waals surface area contributed by atoms with E-state index in [1.807, 2.05) is 0 Å². The summed E-state index contributed by atoms with van der Waals surface area (Å²) < 4.78 is 64.2. The summed E-state index contributed by atoms with van der Waals surface area (Å²) in [5.41, 5.74) is -0.363. The molecule has 2 aromatic rings. The van der Waals surface area contributed by atoms with E-state index in [2.05, 4.69) is 15.0 Å². The molecule has 2 amide bonds. The van der Waals surface area contributed by atoms with Gasteiger partial charge in [-0.25, -0.2) is 13.4 Å². The van der Waals surface area contributed by atoms with Gasteiger partial charge in [0.25, 0.3) is 5.91 Å². The largest absolute Gasteiger partial charge is 0.417 e. The van der Waals surface area contributed by atoms with Crippen LogP contribution in [0.3, 0.4) is 0 Å². The van der Waals surface area contributed by atoms with Crippen LogP contribution in [0.1, 0.15) is 29.3 Å². The minimum absolute atomic E-state index is 0.0674. The molecule has 2 heterocycles. The third kappa shape index (κ3) is 6.59. The number of anilines is 3. The Morgan fingerprint density at radius 3 is 2.38 bits per heavy atom. The smallest absolute Gasteiger partial charge is 0.355 e. The molecule has 34 heavy (non-hydrogen) atoms. The summed E-state index contributed by atoms with van der Waals surface area (Å²) in [6.45, 7) is 2.69. The standard InChI is InChI=1S/C21H24F3N5O4S/c1-14(30)26-16-5-6-18(27-34(2,32)33)17(12-16)20(31)29-9-3-8-28(10-11-29)19-7-4-15(13-25-19)21(22,23)24/h4-7,12-13,27H,3,8-11H2,1-2H3,(H,26,30). The van der Waals surface area contributed by atoms with Gasteiger partial charge in [-0.1, -0.05) is 0 Å². The van der Waals surface area contributed by atoms with Gasteiger partial charge in [0.2, 0.25) is 15.9 Å². The molecule has 0 aliphatic carbocycles. The van der Waals surface area contributed by atoms with Crippen LogP contribution in [0.4, 0.5) is 30.4 Å². The Labute approximate surface area is 195 Å². The predicted octanol–water partition coefficient (Wildman–Crippen LogP) is 2.78. The first-order valence-corrected chi connectivity index (χ1v) is 12.2. The van der Waals surface area contributed by atoms with Crippen LogP contribution in [0.25, 0.3) is 0 Å². The zero-order valence-corrected chi connectivity index (χ0v) is 19.3. The number of aromatic nitrogens is 1. The highest BCUT2D eigenvalue weighted by Gasteiger charge is 2.31. The minimum atomic E-state index is -4.48. The number of sulfonamides is 1. The Kier molecular flexibility index (Phi) is 7.34. The van der Waals surface area contributed by atoms with E-state index < -0.39 is 27.7 Å². The number of halogens is 3. The predicted molar refractivity (Wildman–Crippen MR) is 121 cm³/mol. The first-order chi connectivity index (χ1) is 15.8. The molecule has 0 spiro atoms. The summed E-state index contributed by atoms with van der Waals surface area (Å²) in [6.07, 6.45) is -2.21. The molecule has 0 radical (unpaired) electrons. The van der Waals surface area contributed by atoms with Gasteiger partial charge < -0.3 is 15.1 Å². The minimum Gasteiger partial charge on any atom is -0.355 e. The molecular formula is C21H24F3N5O4S. The maximum absolute atomic E-state index is 13.3. The number of hydrogen-bond donors (Lipinski definition) is 2. The maximum Gasteiger partial charge on any atom is 0.417 e. The summed E-state index contributed by atoms with van der Waals surface area (Å²) in [5.74, 6) is -0.424. The number of rotatable bonds is 5. The van der Waals surface area contributed by atoms with Crippen LogP contribution in [-0.4, -0.2) is 62.6 Å². The fourth-order valence-electron chi connectivity index (χ4n) is 3.55. The second-order valence-corrected chi connectivity index (χ2v) is 9.60. The summed E-state index contributed by atoms with van der Waals surface area (Å²) in [7, 11) is -3.67. The van der Waals surface area contributed by atoms with Crippen LogP contribution in [-0.2, 0) is 21.0 Å². The molecule has 0 bridgehead atoms. The van der Waals surface area contributed by atoms with E-state index in [1.54, 1.807) is 4.90 Å². The highest BCUT2D eigenvalue weighted by Crippen LogP contribution is 2.30. The van der Waals surface area contributed by atoms with Crippen molar-refractivity contribution in [2.45, 2.75) is 19.5 Å². The Hall–Kier alpha value is -3.35. The van der Waals surface area contributed by atoms with Crippen molar-refractivity contribution < 1.29 is 31.2 Å². The van der Waals surface area contributed by atoms with Gasteiger partial charge in [-0.2, -0.15) is 13.2 Å². The van der Waals surface area contributed by atoms with E-state index in [1.165, 1.54) is 36.1 Å². The maximum atomic E-state index is 13.3. The Bertz CT molecular complexity index is 1170. The van der Waals surface area contributed by atoms with E-state index in [0.29, 0.717) is 37.6 Å². The van der Waals surface area contributed by atoms with E-state index >= 15 is 0 Å². The van der Waals surface area contributed by atoms with E-state index in [9.17, 15) is 31.2 Å². The second kappa shape index (κ2) is 9.87. The summed E-state index contributed by atoms with van der Waals surface area (Å²) in [4.78, 5) is 32.0. The molecule has 1 aromatic carbocycles. The monoisotopic (exact) mass is 499 g/mol. The van der Waals surface area contributed by atoms with Crippen LogP contribution in [0.15, 0.2) is 36.5 Å². The molecule has 0 saturated carbocycles. The van der Waals surface area contributed by atoms with Crippen molar-refractivity contribution >= 4 is 39.0 Å². The van der Waals surface area contributed by atoms with E-state index in [-0.39, 0.29) is 23.7 Å². The van der Waals surface area contributed by atoms with Crippen LogP contribution in [0.2, 0.25) is 0 Å². The van der Waals surface area contributed by atoms with Crippen molar-refractivity contribution in [2.75, 3.05) is 47.4 Å². The molecule has 1 fully saturated rings. The number of amides is 2. The third-order valence-electron chi connectivity index (χ3n) is 5.05. The molecule has 1 aliphatic rings. The van der Waals surface area contributed by atoms with Crippen LogP contribution in [0, 0.1) is 0 Å². The van der Waals surface area contributed by atoms with Gasteiger partial charge in [0.05, 0.1) is 23.1 Å². The van der Waals surface area contributed by atoms with Gasteiger partial charge in [-0.3, -0.25) is 14.3 Å². The third-order valence-corrected chi connectivity index (χ3v) is 5.64. The topological polar surface area (TPSA) is 112 Å². The molecule has 0 unspecified atom stereocenters. The fraction of sp³-hybridized carbons (Fsp3) is 0.381.